The standard InChI is InChI=1S/C23H26N2O2S/c1-16-14-17(2)23(18(3)15-16)28(26,27)25-22(20-12-8-5-9-13-20)21(24)19-10-6-4-7-11-19/h4-15,21-22,25H,24H2,1-3H3/t21-,22?/m0/s1. The molecule has 0 fully saturated rings. The van der Waals surface area contributed by atoms with Crippen LogP contribution in [0.3, 0.4) is 0 Å². The molecule has 0 aromatic heterocycles. The second kappa shape index (κ2) is 8.27. The van der Waals surface area contributed by atoms with Crippen LogP contribution in [-0.2, 0) is 10.0 Å². The van der Waals surface area contributed by atoms with Crippen LogP contribution < -0.4 is 10.5 Å². The molecule has 3 rings (SSSR count). The normalized spacial score (nSPS) is 13.9. The number of nitrogens with one attached hydrogen (secondary N) is 1. The fraction of sp³-hybridized carbons (Fsp3) is 0.217. The van der Waals surface area contributed by atoms with E-state index in [2.05, 4.69) is 4.72 Å². The number of hydrogen-bond acceptors (Lipinski definition) is 3. The minimum Gasteiger partial charge on any atom is -0.322 e. The molecule has 4 nitrogen and oxygen atoms in total. The van der Waals surface area contributed by atoms with Gasteiger partial charge < -0.3 is 5.73 Å². The van der Waals surface area contributed by atoms with Crippen molar-refractivity contribution in [1.82, 2.24) is 4.72 Å². The van der Waals surface area contributed by atoms with E-state index in [9.17, 15) is 8.42 Å². The van der Waals surface area contributed by atoms with Gasteiger partial charge in [-0.1, -0.05) is 78.4 Å². The zero-order valence-electron chi connectivity index (χ0n) is 16.4. The maximum absolute atomic E-state index is 13.3. The summed E-state index contributed by atoms with van der Waals surface area (Å²) in [6.07, 6.45) is 0. The van der Waals surface area contributed by atoms with Crippen molar-refractivity contribution in [2.45, 2.75) is 37.8 Å². The molecule has 0 saturated heterocycles. The summed E-state index contributed by atoms with van der Waals surface area (Å²) < 4.78 is 29.5. The van der Waals surface area contributed by atoms with Gasteiger partial charge in [-0.2, -0.15) is 0 Å². The molecule has 5 heteroatoms. The first-order chi connectivity index (χ1) is 13.3. The van der Waals surface area contributed by atoms with Gasteiger partial charge in [0.2, 0.25) is 10.0 Å². The van der Waals surface area contributed by atoms with Crippen molar-refractivity contribution in [2.75, 3.05) is 0 Å². The molecule has 1 unspecified atom stereocenters. The molecule has 3 N–H and O–H groups in total. The van der Waals surface area contributed by atoms with Crippen molar-refractivity contribution in [3.8, 4) is 0 Å². The lowest BCUT2D eigenvalue weighted by atomic mass is 9.95. The summed E-state index contributed by atoms with van der Waals surface area (Å²) in [6.45, 7) is 5.61. The maximum atomic E-state index is 13.3. The van der Waals surface area contributed by atoms with Crippen LogP contribution >= 0.6 is 0 Å². The van der Waals surface area contributed by atoms with Crippen molar-refractivity contribution in [3.63, 3.8) is 0 Å². The molecule has 146 valence electrons. The SMILES string of the molecule is Cc1cc(C)c(S(=O)(=O)NC(c2ccccc2)[C@@H](N)c2ccccc2)c(C)c1. The summed E-state index contributed by atoms with van der Waals surface area (Å²) in [5, 5.41) is 0. The summed E-state index contributed by atoms with van der Waals surface area (Å²) in [4.78, 5) is 0.319. The lowest BCUT2D eigenvalue weighted by Gasteiger charge is -2.26. The van der Waals surface area contributed by atoms with Crippen LogP contribution in [0.5, 0.6) is 0 Å². The van der Waals surface area contributed by atoms with E-state index < -0.39 is 22.1 Å². The second-order valence-electron chi connectivity index (χ2n) is 7.17. The average molecular weight is 395 g/mol. The second-order valence-corrected chi connectivity index (χ2v) is 8.82. The highest BCUT2D eigenvalue weighted by molar-refractivity contribution is 7.89. The van der Waals surface area contributed by atoms with Gasteiger partial charge in [-0.3, -0.25) is 0 Å². The zero-order chi connectivity index (χ0) is 20.3. The first-order valence-corrected chi connectivity index (χ1v) is 10.7. The molecule has 0 saturated carbocycles. The Morgan fingerprint density at radius 1 is 0.786 bits per heavy atom. The van der Waals surface area contributed by atoms with Gasteiger partial charge in [-0.15, -0.1) is 0 Å². The Bertz CT molecular complexity index is 1030. The summed E-state index contributed by atoms with van der Waals surface area (Å²) in [5.74, 6) is 0. The van der Waals surface area contributed by atoms with E-state index in [0.29, 0.717) is 4.90 Å². The lowest BCUT2D eigenvalue weighted by molar-refractivity contribution is 0.503. The van der Waals surface area contributed by atoms with Crippen LogP contribution in [0.15, 0.2) is 77.7 Å². The topological polar surface area (TPSA) is 72.2 Å². The number of benzene rings is 3. The first kappa shape index (κ1) is 20.3. The molecule has 0 spiro atoms. The highest BCUT2D eigenvalue weighted by atomic mass is 32.2. The van der Waals surface area contributed by atoms with E-state index in [1.165, 1.54) is 0 Å². The third kappa shape index (κ3) is 4.33. The Balaban J connectivity index is 2.05. The molecule has 3 aromatic rings. The first-order valence-electron chi connectivity index (χ1n) is 9.25. The molecular weight excluding hydrogens is 368 g/mol. The Labute approximate surface area is 167 Å². The third-order valence-electron chi connectivity index (χ3n) is 4.86. The summed E-state index contributed by atoms with van der Waals surface area (Å²) >= 11 is 0. The smallest absolute Gasteiger partial charge is 0.241 e. The van der Waals surface area contributed by atoms with Gasteiger partial charge in [0, 0.05) is 0 Å². The fourth-order valence-electron chi connectivity index (χ4n) is 3.69. The molecule has 28 heavy (non-hydrogen) atoms. The molecule has 2 atom stereocenters. The maximum Gasteiger partial charge on any atom is 0.241 e. The number of nitrogens with two attached hydrogens (primary N) is 1. The molecule has 3 aromatic carbocycles. The fourth-order valence-corrected chi connectivity index (χ4v) is 5.39. The third-order valence-corrected chi connectivity index (χ3v) is 6.60. The minimum absolute atomic E-state index is 0.319. The summed E-state index contributed by atoms with van der Waals surface area (Å²) in [5.41, 5.74) is 10.7. The van der Waals surface area contributed by atoms with Crippen LogP contribution in [0.25, 0.3) is 0 Å². The van der Waals surface area contributed by atoms with Crippen molar-refractivity contribution >= 4 is 10.0 Å². The van der Waals surface area contributed by atoms with E-state index in [4.69, 9.17) is 5.73 Å². The van der Waals surface area contributed by atoms with E-state index in [0.717, 1.165) is 27.8 Å². The number of rotatable bonds is 6. The van der Waals surface area contributed by atoms with Gasteiger partial charge in [0.05, 0.1) is 17.0 Å². The number of aryl methyl sites for hydroxylation is 3. The van der Waals surface area contributed by atoms with E-state index in [1.807, 2.05) is 93.6 Å². The largest absolute Gasteiger partial charge is 0.322 e. The van der Waals surface area contributed by atoms with Gasteiger partial charge >= 0.3 is 0 Å². The lowest BCUT2D eigenvalue weighted by Crippen LogP contribution is -2.36. The predicted octanol–water partition coefficient (Wildman–Crippen LogP) is 4.33. The van der Waals surface area contributed by atoms with Crippen LogP contribution in [-0.4, -0.2) is 8.42 Å². The molecule has 0 radical (unpaired) electrons. The Morgan fingerprint density at radius 3 is 1.75 bits per heavy atom. The molecule has 0 amide bonds. The Hall–Kier alpha value is -2.47. The van der Waals surface area contributed by atoms with Crippen molar-refractivity contribution in [3.05, 3.63) is 101 Å². The van der Waals surface area contributed by atoms with Gasteiger partial charge in [0.15, 0.2) is 0 Å². The van der Waals surface area contributed by atoms with Crippen LogP contribution in [0.2, 0.25) is 0 Å². The molecule has 0 bridgehead atoms. The molecule has 0 aliphatic carbocycles. The Morgan fingerprint density at radius 2 is 1.25 bits per heavy atom. The monoisotopic (exact) mass is 394 g/mol. The van der Waals surface area contributed by atoms with Crippen molar-refractivity contribution in [2.24, 2.45) is 5.73 Å². The van der Waals surface area contributed by atoms with E-state index >= 15 is 0 Å². The summed E-state index contributed by atoms with van der Waals surface area (Å²) in [7, 11) is -3.77. The van der Waals surface area contributed by atoms with Gasteiger partial charge in [-0.05, 0) is 43.0 Å². The van der Waals surface area contributed by atoms with Crippen molar-refractivity contribution in [1.29, 1.82) is 0 Å². The van der Waals surface area contributed by atoms with Gasteiger partial charge in [0.1, 0.15) is 0 Å². The van der Waals surface area contributed by atoms with Gasteiger partial charge in [-0.25, -0.2) is 13.1 Å². The number of hydrogen-bond donors (Lipinski definition) is 2. The Kier molecular flexibility index (Phi) is 5.98. The molecule has 0 heterocycles. The van der Waals surface area contributed by atoms with Crippen molar-refractivity contribution < 1.29 is 8.42 Å². The molecule has 0 aliphatic rings. The number of sulfonamides is 1. The zero-order valence-corrected chi connectivity index (χ0v) is 17.2. The van der Waals surface area contributed by atoms with Crippen LogP contribution in [0, 0.1) is 20.8 Å². The molecule has 0 aliphatic heterocycles. The van der Waals surface area contributed by atoms with E-state index in [1.54, 1.807) is 0 Å². The van der Waals surface area contributed by atoms with Gasteiger partial charge in [0.25, 0.3) is 0 Å². The predicted molar refractivity (Wildman–Crippen MR) is 114 cm³/mol. The quantitative estimate of drug-likeness (QED) is 0.653. The van der Waals surface area contributed by atoms with Crippen LogP contribution in [0.4, 0.5) is 0 Å². The van der Waals surface area contributed by atoms with Crippen LogP contribution in [0.1, 0.15) is 39.9 Å². The highest BCUT2D eigenvalue weighted by Gasteiger charge is 2.29. The highest BCUT2D eigenvalue weighted by Crippen LogP contribution is 2.30. The van der Waals surface area contributed by atoms with E-state index in [-0.39, 0.29) is 0 Å². The average Bonchev–Trinajstić information content (AvgIpc) is 2.66. The molecular formula is C23H26N2O2S. The minimum atomic E-state index is -3.77. The summed E-state index contributed by atoms with van der Waals surface area (Å²) in [6, 6.07) is 21.7.